The van der Waals surface area contributed by atoms with E-state index < -0.39 is 0 Å². The number of benzene rings is 8. The highest BCUT2D eigenvalue weighted by Gasteiger charge is 2.21. The van der Waals surface area contributed by atoms with Gasteiger partial charge < -0.3 is 4.42 Å². The van der Waals surface area contributed by atoms with Crippen molar-refractivity contribution < 1.29 is 4.42 Å². The monoisotopic (exact) mass is 625 g/mol. The first kappa shape index (κ1) is 27.5. The molecule has 0 saturated heterocycles. The molecule has 0 radical (unpaired) electrons. The number of nitrogens with zero attached hydrogens (tertiary/aromatic N) is 3. The van der Waals surface area contributed by atoms with Crippen molar-refractivity contribution in [2.45, 2.75) is 0 Å². The number of para-hydroxylation sites is 1. The summed E-state index contributed by atoms with van der Waals surface area (Å²) in [5.41, 5.74) is 6.79. The van der Waals surface area contributed by atoms with E-state index in [0.717, 1.165) is 71.3 Å². The van der Waals surface area contributed by atoms with Gasteiger partial charge in [0.1, 0.15) is 11.2 Å². The van der Waals surface area contributed by atoms with Gasteiger partial charge in [-0.15, -0.1) is 0 Å². The van der Waals surface area contributed by atoms with Crippen LogP contribution >= 0.6 is 0 Å². The van der Waals surface area contributed by atoms with Gasteiger partial charge in [0, 0.05) is 32.8 Å². The maximum absolute atomic E-state index is 6.76. The van der Waals surface area contributed by atoms with Gasteiger partial charge in [0.15, 0.2) is 17.5 Å². The van der Waals surface area contributed by atoms with Crippen molar-refractivity contribution in [2.75, 3.05) is 0 Å². The maximum atomic E-state index is 6.76. The van der Waals surface area contributed by atoms with Gasteiger partial charge >= 0.3 is 0 Å². The molecule has 0 N–H and O–H groups in total. The van der Waals surface area contributed by atoms with Crippen molar-refractivity contribution >= 4 is 54.3 Å². The fourth-order valence-electron chi connectivity index (χ4n) is 7.19. The van der Waals surface area contributed by atoms with Crippen molar-refractivity contribution in [2.24, 2.45) is 0 Å². The second-order valence-electron chi connectivity index (χ2n) is 12.4. The van der Waals surface area contributed by atoms with Crippen molar-refractivity contribution in [3.05, 3.63) is 164 Å². The summed E-state index contributed by atoms with van der Waals surface area (Å²) >= 11 is 0. The van der Waals surface area contributed by atoms with E-state index in [9.17, 15) is 0 Å². The summed E-state index contributed by atoms with van der Waals surface area (Å²) in [7, 11) is 0. The van der Waals surface area contributed by atoms with Crippen LogP contribution in [0, 0.1) is 0 Å². The van der Waals surface area contributed by atoms with Crippen LogP contribution in [0.15, 0.2) is 168 Å². The van der Waals surface area contributed by atoms with E-state index in [2.05, 4.69) is 97.1 Å². The number of aromatic nitrogens is 3. The maximum Gasteiger partial charge on any atom is 0.164 e. The molecule has 8 aromatic carbocycles. The molecule has 0 unspecified atom stereocenters. The number of rotatable bonds is 4. The third kappa shape index (κ3) is 4.49. The van der Waals surface area contributed by atoms with Crippen molar-refractivity contribution in [1.29, 1.82) is 0 Å². The summed E-state index contributed by atoms with van der Waals surface area (Å²) in [6.07, 6.45) is 0. The first-order valence-corrected chi connectivity index (χ1v) is 16.4. The molecule has 4 heteroatoms. The minimum Gasteiger partial charge on any atom is -0.455 e. The Kier molecular flexibility index (Phi) is 6.15. The quantitative estimate of drug-likeness (QED) is 0.183. The molecular formula is C45H27N3O. The van der Waals surface area contributed by atoms with Gasteiger partial charge in [-0.05, 0) is 62.3 Å². The summed E-state index contributed by atoms with van der Waals surface area (Å²) in [4.78, 5) is 15.1. The van der Waals surface area contributed by atoms with Gasteiger partial charge in [0.05, 0.1) is 0 Å². The third-order valence-corrected chi connectivity index (χ3v) is 9.46. The largest absolute Gasteiger partial charge is 0.455 e. The van der Waals surface area contributed by atoms with Crippen LogP contribution in [0.3, 0.4) is 0 Å². The molecule has 2 heterocycles. The van der Waals surface area contributed by atoms with E-state index in [-0.39, 0.29) is 0 Å². The molecule has 0 saturated carbocycles. The van der Waals surface area contributed by atoms with Crippen LogP contribution < -0.4 is 0 Å². The molecule has 10 aromatic rings. The second kappa shape index (κ2) is 11.0. The lowest BCUT2D eigenvalue weighted by atomic mass is 9.89. The van der Waals surface area contributed by atoms with E-state index >= 15 is 0 Å². The minimum absolute atomic E-state index is 0.625. The molecule has 0 aliphatic rings. The van der Waals surface area contributed by atoms with Crippen LogP contribution in [0.4, 0.5) is 0 Å². The van der Waals surface area contributed by atoms with E-state index in [0.29, 0.717) is 17.5 Å². The molecule has 49 heavy (non-hydrogen) atoms. The highest BCUT2D eigenvalue weighted by molar-refractivity contribution is 6.28. The summed E-state index contributed by atoms with van der Waals surface area (Å²) in [6, 6.07) is 56.8. The summed E-state index contributed by atoms with van der Waals surface area (Å²) in [6.45, 7) is 0. The van der Waals surface area contributed by atoms with Gasteiger partial charge in [0.2, 0.25) is 0 Å². The first-order valence-electron chi connectivity index (χ1n) is 16.4. The van der Waals surface area contributed by atoms with Gasteiger partial charge in [-0.3, -0.25) is 0 Å². The van der Waals surface area contributed by atoms with Crippen molar-refractivity contribution in [3.63, 3.8) is 0 Å². The minimum atomic E-state index is 0.625. The van der Waals surface area contributed by atoms with Gasteiger partial charge in [0.25, 0.3) is 0 Å². The average molecular weight is 626 g/mol. The Morgan fingerprint density at radius 3 is 1.61 bits per heavy atom. The van der Waals surface area contributed by atoms with E-state index in [1.54, 1.807) is 0 Å². The molecule has 0 atom stereocenters. The number of hydrogen-bond donors (Lipinski definition) is 0. The highest BCUT2D eigenvalue weighted by atomic mass is 16.3. The molecule has 228 valence electrons. The van der Waals surface area contributed by atoms with Crippen molar-refractivity contribution in [1.82, 2.24) is 15.0 Å². The Labute approximate surface area is 282 Å². The summed E-state index contributed by atoms with van der Waals surface area (Å²) in [5, 5.41) is 9.09. The normalized spacial score (nSPS) is 11.7. The zero-order valence-electron chi connectivity index (χ0n) is 26.3. The molecule has 0 spiro atoms. The standard InChI is InChI=1S/C45H27N3O/c1-3-14-29(15-4-1)43-46-44(30-16-5-2-6-17-30)48-45(47-43)33-25-31-18-8-9-19-34(31)37(27-33)38-26-32-24-23-28-13-7-10-20-35(28)40(32)42-41(38)36-21-11-12-22-39(36)49-42/h1-27H. The van der Waals surface area contributed by atoms with Crippen LogP contribution in [-0.4, -0.2) is 15.0 Å². The predicted molar refractivity (Wildman–Crippen MR) is 201 cm³/mol. The van der Waals surface area contributed by atoms with Crippen LogP contribution in [0.5, 0.6) is 0 Å². The summed E-state index contributed by atoms with van der Waals surface area (Å²) in [5.74, 6) is 1.90. The SMILES string of the molecule is c1ccc(-c2nc(-c3ccccc3)nc(-c3cc(-c4cc5ccc6ccccc6c5c5oc6ccccc6c45)c4ccccc4c3)n2)cc1. The number of hydrogen-bond acceptors (Lipinski definition) is 4. The Morgan fingerprint density at radius 1 is 0.347 bits per heavy atom. The Bertz CT molecular complexity index is 2820. The van der Waals surface area contributed by atoms with Crippen LogP contribution in [0.2, 0.25) is 0 Å². The van der Waals surface area contributed by atoms with E-state index in [1.807, 2.05) is 66.7 Å². The Hall–Kier alpha value is -6.65. The lowest BCUT2D eigenvalue weighted by Gasteiger charge is -2.14. The van der Waals surface area contributed by atoms with Gasteiger partial charge in [-0.1, -0.05) is 140 Å². The van der Waals surface area contributed by atoms with Crippen molar-refractivity contribution in [3.8, 4) is 45.3 Å². The van der Waals surface area contributed by atoms with E-state index in [1.165, 1.54) is 10.8 Å². The van der Waals surface area contributed by atoms with Gasteiger partial charge in [-0.2, -0.15) is 0 Å². The molecule has 4 nitrogen and oxygen atoms in total. The fraction of sp³-hybridized carbons (Fsp3) is 0. The zero-order chi connectivity index (χ0) is 32.3. The van der Waals surface area contributed by atoms with Crippen LogP contribution in [0.1, 0.15) is 0 Å². The van der Waals surface area contributed by atoms with Crippen LogP contribution in [-0.2, 0) is 0 Å². The lowest BCUT2D eigenvalue weighted by molar-refractivity contribution is 0.673. The molecule has 0 amide bonds. The lowest BCUT2D eigenvalue weighted by Crippen LogP contribution is -2.00. The average Bonchev–Trinajstić information content (AvgIpc) is 3.57. The number of furan rings is 1. The van der Waals surface area contributed by atoms with E-state index in [4.69, 9.17) is 19.4 Å². The fourth-order valence-corrected chi connectivity index (χ4v) is 7.19. The van der Waals surface area contributed by atoms with Gasteiger partial charge in [-0.25, -0.2) is 15.0 Å². The Balaban J connectivity index is 1.30. The molecule has 0 bridgehead atoms. The topological polar surface area (TPSA) is 51.8 Å². The molecule has 2 aromatic heterocycles. The Morgan fingerprint density at radius 2 is 0.898 bits per heavy atom. The highest BCUT2D eigenvalue weighted by Crippen LogP contribution is 2.45. The molecule has 0 aliphatic carbocycles. The molecule has 0 fully saturated rings. The van der Waals surface area contributed by atoms with Crippen LogP contribution in [0.25, 0.3) is 99.5 Å². The first-order chi connectivity index (χ1) is 24.3. The third-order valence-electron chi connectivity index (χ3n) is 9.46. The number of fused-ring (bicyclic) bond motifs is 8. The summed E-state index contributed by atoms with van der Waals surface area (Å²) < 4.78 is 6.76. The molecule has 10 rings (SSSR count). The molecule has 0 aliphatic heterocycles. The molecular weight excluding hydrogens is 599 g/mol. The predicted octanol–water partition coefficient (Wildman–Crippen LogP) is 11.9. The smallest absolute Gasteiger partial charge is 0.164 e. The second-order valence-corrected chi connectivity index (χ2v) is 12.4. The zero-order valence-corrected chi connectivity index (χ0v) is 26.3.